The van der Waals surface area contributed by atoms with E-state index < -0.39 is 48.0 Å². The van der Waals surface area contributed by atoms with E-state index in [0.717, 1.165) is 25.5 Å². The Morgan fingerprint density at radius 1 is 1.46 bits per heavy atom. The zero-order valence-electron chi connectivity index (χ0n) is 16.2. The number of aliphatic hydroxyl groups excluding tert-OH is 1. The van der Waals surface area contributed by atoms with Gasteiger partial charge in [-0.1, -0.05) is 26.2 Å². The summed E-state index contributed by atoms with van der Waals surface area (Å²) in [6.45, 7) is 4.46. The molecule has 1 aliphatic heterocycles. The van der Waals surface area contributed by atoms with E-state index >= 15 is 0 Å². The number of nitrogen functional groups attached to an aromatic ring is 1. The molecule has 1 fully saturated rings. The molecule has 3 atom stereocenters. The number of unbranched alkanes of at least 4 members (excludes halogenated alkanes) is 2. The van der Waals surface area contributed by atoms with Crippen molar-refractivity contribution in [3.05, 3.63) is 22.7 Å². The van der Waals surface area contributed by atoms with Gasteiger partial charge in [-0.05, 0) is 26.3 Å². The average Bonchev–Trinajstić information content (AvgIpc) is 2.86. The number of carbonyl (C=O) groups excluding carboxylic acids is 1. The van der Waals surface area contributed by atoms with Crippen LogP contribution in [0.4, 0.5) is 14.6 Å². The summed E-state index contributed by atoms with van der Waals surface area (Å²) in [6.07, 6.45) is -1.47. The number of carbonyl (C=O) groups is 1. The number of nitrogens with zero attached hydrogens (tertiary/aromatic N) is 2. The summed E-state index contributed by atoms with van der Waals surface area (Å²) in [4.78, 5) is 27.9. The van der Waals surface area contributed by atoms with Gasteiger partial charge >= 0.3 is 17.6 Å². The van der Waals surface area contributed by atoms with Crippen LogP contribution in [-0.2, 0) is 14.3 Å². The molecule has 0 amide bonds. The van der Waals surface area contributed by atoms with E-state index in [1.807, 2.05) is 6.92 Å². The Labute approximate surface area is 161 Å². The quantitative estimate of drug-likeness (QED) is 0.503. The largest absolute Gasteiger partial charge is 0.452 e. The minimum Gasteiger partial charge on any atom is -0.452 e. The summed E-state index contributed by atoms with van der Waals surface area (Å²) < 4.78 is 40.8. The van der Waals surface area contributed by atoms with E-state index in [1.165, 1.54) is 6.07 Å². The van der Waals surface area contributed by atoms with E-state index in [1.54, 1.807) is 13.8 Å². The van der Waals surface area contributed by atoms with Crippen LogP contribution in [0.1, 0.15) is 52.7 Å². The number of hydrogen-bond donors (Lipinski definition) is 2. The smallest absolute Gasteiger partial charge is 0.351 e. The Morgan fingerprint density at radius 3 is 2.71 bits per heavy atom. The summed E-state index contributed by atoms with van der Waals surface area (Å²) in [6, 6.07) is 1.17. The van der Waals surface area contributed by atoms with Crippen LogP contribution >= 0.6 is 0 Å². The molecule has 0 aromatic carbocycles. The van der Waals surface area contributed by atoms with E-state index in [2.05, 4.69) is 4.98 Å². The molecule has 1 unspecified atom stereocenters. The maximum atomic E-state index is 15.0. The van der Waals surface area contributed by atoms with Crippen molar-refractivity contribution in [2.24, 2.45) is 5.41 Å². The van der Waals surface area contributed by atoms with Gasteiger partial charge in [-0.3, -0.25) is 9.36 Å². The van der Waals surface area contributed by atoms with Gasteiger partial charge in [0.2, 0.25) is 6.23 Å². The molecule has 0 radical (unpaired) electrons. The van der Waals surface area contributed by atoms with Crippen LogP contribution in [0.5, 0.6) is 0 Å². The predicted molar refractivity (Wildman–Crippen MR) is 96.7 cm³/mol. The molecule has 1 aliphatic rings. The van der Waals surface area contributed by atoms with Crippen LogP contribution in [0.25, 0.3) is 0 Å². The molecule has 0 bridgehead atoms. The van der Waals surface area contributed by atoms with Gasteiger partial charge in [0.1, 0.15) is 11.9 Å². The highest BCUT2D eigenvalue weighted by molar-refractivity contribution is 5.76. The molecule has 0 saturated carbocycles. The first-order valence-electron chi connectivity index (χ1n) is 9.24. The van der Waals surface area contributed by atoms with Gasteiger partial charge in [-0.15, -0.1) is 0 Å². The standard InChI is InChI=1S/C18H27F2N3O5/c1-4-5-6-8-17(2,3)15(25)28-13-11(10-24)27-14(18(13,19)20)23-9-7-12(21)22-16(23)26/h7,9,11,13-14,24H,4-6,8,10H2,1-3H3,(H2,21,22,26)/t11-,13?,14-/m1/s1. The number of hydrogen-bond acceptors (Lipinski definition) is 7. The molecular formula is C18H27F2N3O5. The summed E-state index contributed by atoms with van der Waals surface area (Å²) in [5, 5.41) is 9.46. The Balaban J connectivity index is 2.23. The number of aliphatic hydroxyl groups is 1. The SMILES string of the molecule is CCCCCC(C)(C)C(=O)OC1[C@@H](CO)O[C@@H](n2ccc(N)nc2=O)C1(F)F. The maximum absolute atomic E-state index is 15.0. The fraction of sp³-hybridized carbons (Fsp3) is 0.722. The molecular weight excluding hydrogens is 376 g/mol. The summed E-state index contributed by atoms with van der Waals surface area (Å²) >= 11 is 0. The van der Waals surface area contributed by atoms with Crippen molar-refractivity contribution in [2.45, 2.75) is 70.8 Å². The Kier molecular flexibility index (Phi) is 6.76. The highest BCUT2D eigenvalue weighted by atomic mass is 19.3. The predicted octanol–water partition coefficient (Wildman–Crippen LogP) is 1.87. The number of esters is 1. The van der Waals surface area contributed by atoms with E-state index in [0.29, 0.717) is 11.0 Å². The molecule has 3 N–H and O–H groups in total. The van der Waals surface area contributed by atoms with Crippen molar-refractivity contribution in [2.75, 3.05) is 12.3 Å². The van der Waals surface area contributed by atoms with Crippen LogP contribution in [0.15, 0.2) is 17.1 Å². The second kappa shape index (κ2) is 8.52. The third kappa shape index (κ3) is 4.49. The third-order valence-electron chi connectivity index (χ3n) is 4.83. The van der Waals surface area contributed by atoms with Crippen LogP contribution in [-0.4, -0.2) is 45.4 Å². The monoisotopic (exact) mass is 403 g/mol. The first-order valence-corrected chi connectivity index (χ1v) is 9.24. The second-order valence-electron chi connectivity index (χ2n) is 7.59. The average molecular weight is 403 g/mol. The number of aromatic nitrogens is 2. The second-order valence-corrected chi connectivity index (χ2v) is 7.59. The molecule has 1 aromatic heterocycles. The fourth-order valence-corrected chi connectivity index (χ4v) is 3.06. The molecule has 158 valence electrons. The summed E-state index contributed by atoms with van der Waals surface area (Å²) in [7, 11) is 0. The fourth-order valence-electron chi connectivity index (χ4n) is 3.06. The molecule has 1 aromatic rings. The Bertz CT molecular complexity index is 753. The lowest BCUT2D eigenvalue weighted by Crippen LogP contribution is -2.46. The zero-order valence-corrected chi connectivity index (χ0v) is 16.2. The lowest BCUT2D eigenvalue weighted by Gasteiger charge is -2.28. The molecule has 2 heterocycles. The molecule has 28 heavy (non-hydrogen) atoms. The Hall–Kier alpha value is -2.07. The van der Waals surface area contributed by atoms with Gasteiger partial charge in [0.15, 0.2) is 6.10 Å². The van der Waals surface area contributed by atoms with Crippen molar-refractivity contribution >= 4 is 11.8 Å². The molecule has 0 aliphatic carbocycles. The minimum absolute atomic E-state index is 0.127. The number of rotatable bonds is 8. The van der Waals surface area contributed by atoms with Crippen molar-refractivity contribution in [3.63, 3.8) is 0 Å². The van der Waals surface area contributed by atoms with E-state index in [9.17, 15) is 23.5 Å². The summed E-state index contributed by atoms with van der Waals surface area (Å²) in [5.74, 6) is -4.69. The van der Waals surface area contributed by atoms with Gasteiger partial charge in [0.05, 0.1) is 12.0 Å². The highest BCUT2D eigenvalue weighted by Gasteiger charge is 2.62. The first kappa shape index (κ1) is 22.2. The minimum atomic E-state index is -3.76. The molecule has 2 rings (SSSR count). The van der Waals surface area contributed by atoms with Crippen molar-refractivity contribution in [1.82, 2.24) is 9.55 Å². The number of alkyl halides is 2. The molecule has 10 heteroatoms. The lowest BCUT2D eigenvalue weighted by molar-refractivity contribution is -0.185. The van der Waals surface area contributed by atoms with Crippen LogP contribution in [0.3, 0.4) is 0 Å². The van der Waals surface area contributed by atoms with E-state index in [4.69, 9.17) is 15.2 Å². The summed E-state index contributed by atoms with van der Waals surface area (Å²) in [5.41, 5.74) is 3.37. The maximum Gasteiger partial charge on any atom is 0.351 e. The molecule has 0 spiro atoms. The van der Waals surface area contributed by atoms with Gasteiger partial charge < -0.3 is 20.3 Å². The van der Waals surface area contributed by atoms with Crippen molar-refractivity contribution < 1.29 is 28.2 Å². The van der Waals surface area contributed by atoms with Crippen molar-refractivity contribution in [1.29, 1.82) is 0 Å². The van der Waals surface area contributed by atoms with Crippen LogP contribution in [0, 0.1) is 5.41 Å². The Morgan fingerprint density at radius 2 is 2.14 bits per heavy atom. The zero-order chi connectivity index (χ0) is 21.1. The van der Waals surface area contributed by atoms with E-state index in [-0.39, 0.29) is 5.82 Å². The number of anilines is 1. The van der Waals surface area contributed by atoms with Gasteiger partial charge in [0.25, 0.3) is 0 Å². The highest BCUT2D eigenvalue weighted by Crippen LogP contribution is 2.44. The van der Waals surface area contributed by atoms with Gasteiger partial charge in [-0.25, -0.2) is 4.79 Å². The molecule has 8 nitrogen and oxygen atoms in total. The van der Waals surface area contributed by atoms with Gasteiger partial charge in [-0.2, -0.15) is 13.8 Å². The number of ether oxygens (including phenoxy) is 2. The van der Waals surface area contributed by atoms with Crippen molar-refractivity contribution in [3.8, 4) is 0 Å². The third-order valence-corrected chi connectivity index (χ3v) is 4.83. The number of nitrogens with two attached hydrogens (primary N) is 1. The van der Waals surface area contributed by atoms with Crippen LogP contribution in [0.2, 0.25) is 0 Å². The topological polar surface area (TPSA) is 117 Å². The van der Waals surface area contributed by atoms with Crippen LogP contribution < -0.4 is 11.4 Å². The number of halogens is 2. The molecule has 1 saturated heterocycles. The lowest BCUT2D eigenvalue weighted by atomic mass is 9.87. The van der Waals surface area contributed by atoms with Gasteiger partial charge in [0, 0.05) is 6.20 Å². The first-order chi connectivity index (χ1) is 13.0. The normalized spacial score (nSPS) is 24.3.